The van der Waals surface area contributed by atoms with Crippen LogP contribution in [0.25, 0.3) is 0 Å². The van der Waals surface area contributed by atoms with E-state index in [1.54, 1.807) is 0 Å². The molecule has 0 amide bonds. The largest absolute Gasteiger partial charge is 0.409 e. The summed E-state index contributed by atoms with van der Waals surface area (Å²) in [6.45, 7) is 2.65. The summed E-state index contributed by atoms with van der Waals surface area (Å²) in [5, 5.41) is 15.7. The number of rotatable bonds is 4. The maximum Gasteiger partial charge on any atom is 0.170 e. The molecule has 4 nitrogen and oxygen atoms in total. The van der Waals surface area contributed by atoms with Crippen LogP contribution in [0.4, 0.5) is 5.69 Å². The number of benzene rings is 2. The molecule has 0 aliphatic heterocycles. The highest BCUT2D eigenvalue weighted by atomic mass is 79.9. The third kappa shape index (κ3) is 3.89. The van der Waals surface area contributed by atoms with E-state index in [9.17, 15) is 0 Å². The van der Waals surface area contributed by atoms with E-state index in [0.29, 0.717) is 17.1 Å². The van der Waals surface area contributed by atoms with Crippen LogP contribution in [0, 0.1) is 6.92 Å². The molecule has 0 fully saturated rings. The van der Waals surface area contributed by atoms with Gasteiger partial charge in [-0.05, 0) is 58.2 Å². The minimum Gasteiger partial charge on any atom is -0.409 e. The number of nitrogens with zero attached hydrogens (tertiary/aromatic N) is 1. The summed E-state index contributed by atoms with van der Waals surface area (Å²) in [5.74, 6) is 0.109. The van der Waals surface area contributed by atoms with Gasteiger partial charge in [0.05, 0.1) is 5.02 Å². The molecule has 0 atom stereocenters. The molecule has 110 valence electrons. The highest BCUT2D eigenvalue weighted by molar-refractivity contribution is 9.10. The van der Waals surface area contributed by atoms with Crippen LogP contribution in [0.1, 0.15) is 16.7 Å². The van der Waals surface area contributed by atoms with Crippen molar-refractivity contribution in [3.63, 3.8) is 0 Å². The van der Waals surface area contributed by atoms with Crippen molar-refractivity contribution >= 4 is 39.1 Å². The fourth-order valence-electron chi connectivity index (χ4n) is 1.91. The molecular weight excluding hydrogens is 354 g/mol. The molecule has 0 saturated heterocycles. The Morgan fingerprint density at radius 2 is 2.10 bits per heavy atom. The minimum absolute atomic E-state index is 0.109. The first-order chi connectivity index (χ1) is 10.0. The highest BCUT2D eigenvalue weighted by Gasteiger charge is 2.04. The Morgan fingerprint density at radius 1 is 1.33 bits per heavy atom. The quantitative estimate of drug-likeness (QED) is 0.329. The molecule has 2 rings (SSSR count). The second kappa shape index (κ2) is 6.83. The number of hydrogen-bond acceptors (Lipinski definition) is 3. The predicted octanol–water partition coefficient (Wildman–Crippen LogP) is 4.12. The molecule has 0 aliphatic rings. The van der Waals surface area contributed by atoms with E-state index in [2.05, 4.69) is 26.4 Å². The van der Waals surface area contributed by atoms with E-state index in [4.69, 9.17) is 22.5 Å². The van der Waals surface area contributed by atoms with Crippen molar-refractivity contribution in [2.45, 2.75) is 13.5 Å². The molecule has 0 spiro atoms. The standard InChI is InChI=1S/C15H15BrClN3O/c1-9-6-10(15(18)20-21)2-3-11(9)8-19-12-4-5-13(16)14(17)7-12/h2-7,19,21H,8H2,1H3,(H2,18,20). The zero-order valence-electron chi connectivity index (χ0n) is 11.4. The SMILES string of the molecule is Cc1cc(/C(N)=N/O)ccc1CNc1ccc(Br)c(Cl)c1. The summed E-state index contributed by atoms with van der Waals surface area (Å²) >= 11 is 9.42. The van der Waals surface area contributed by atoms with E-state index < -0.39 is 0 Å². The van der Waals surface area contributed by atoms with Gasteiger partial charge < -0.3 is 16.3 Å². The van der Waals surface area contributed by atoms with Crippen LogP contribution in [-0.2, 0) is 6.54 Å². The summed E-state index contributed by atoms with van der Waals surface area (Å²) in [4.78, 5) is 0. The van der Waals surface area contributed by atoms with Crippen molar-refractivity contribution in [1.29, 1.82) is 0 Å². The zero-order chi connectivity index (χ0) is 15.4. The molecule has 0 heterocycles. The third-order valence-corrected chi connectivity index (χ3v) is 4.38. The predicted molar refractivity (Wildman–Crippen MR) is 90.2 cm³/mol. The summed E-state index contributed by atoms with van der Waals surface area (Å²) < 4.78 is 0.869. The molecule has 0 radical (unpaired) electrons. The summed E-state index contributed by atoms with van der Waals surface area (Å²) in [6.07, 6.45) is 0. The molecule has 2 aromatic rings. The van der Waals surface area contributed by atoms with Gasteiger partial charge in [-0.2, -0.15) is 0 Å². The van der Waals surface area contributed by atoms with E-state index >= 15 is 0 Å². The molecule has 21 heavy (non-hydrogen) atoms. The summed E-state index contributed by atoms with van der Waals surface area (Å²) in [7, 11) is 0. The van der Waals surface area contributed by atoms with Gasteiger partial charge in [0, 0.05) is 22.3 Å². The Hall–Kier alpha value is -1.72. The molecule has 2 aromatic carbocycles. The van der Waals surface area contributed by atoms with Gasteiger partial charge in [0.2, 0.25) is 0 Å². The number of halogens is 2. The first-order valence-corrected chi connectivity index (χ1v) is 7.44. The van der Waals surface area contributed by atoms with Gasteiger partial charge in [-0.3, -0.25) is 0 Å². The van der Waals surface area contributed by atoms with Crippen LogP contribution in [0.15, 0.2) is 46.0 Å². The second-order valence-electron chi connectivity index (χ2n) is 4.61. The van der Waals surface area contributed by atoms with Crippen LogP contribution in [-0.4, -0.2) is 11.0 Å². The highest BCUT2D eigenvalue weighted by Crippen LogP contribution is 2.26. The van der Waals surface area contributed by atoms with Crippen molar-refractivity contribution in [1.82, 2.24) is 0 Å². The monoisotopic (exact) mass is 367 g/mol. The topological polar surface area (TPSA) is 70.6 Å². The molecule has 0 saturated carbocycles. The van der Waals surface area contributed by atoms with Gasteiger partial charge in [-0.1, -0.05) is 28.9 Å². The summed E-state index contributed by atoms with van der Waals surface area (Å²) in [6, 6.07) is 11.4. The lowest BCUT2D eigenvalue weighted by molar-refractivity contribution is 0.318. The van der Waals surface area contributed by atoms with Crippen molar-refractivity contribution < 1.29 is 5.21 Å². The molecule has 0 aromatic heterocycles. The fourth-order valence-corrected chi connectivity index (χ4v) is 2.34. The lowest BCUT2D eigenvalue weighted by Gasteiger charge is -2.11. The normalized spacial score (nSPS) is 11.5. The number of hydrogen-bond donors (Lipinski definition) is 3. The van der Waals surface area contributed by atoms with Gasteiger partial charge >= 0.3 is 0 Å². The van der Waals surface area contributed by atoms with Crippen LogP contribution >= 0.6 is 27.5 Å². The van der Waals surface area contributed by atoms with Gasteiger partial charge in [-0.15, -0.1) is 0 Å². The fraction of sp³-hybridized carbons (Fsp3) is 0.133. The van der Waals surface area contributed by atoms with Crippen LogP contribution in [0.3, 0.4) is 0 Å². The average Bonchev–Trinajstić information content (AvgIpc) is 2.48. The molecule has 0 aliphatic carbocycles. The molecular formula is C15H15BrClN3O. The van der Waals surface area contributed by atoms with Crippen molar-refractivity contribution in [3.05, 3.63) is 62.6 Å². The Morgan fingerprint density at radius 3 is 2.71 bits per heavy atom. The number of nitrogens with one attached hydrogen (secondary N) is 1. The number of anilines is 1. The van der Waals surface area contributed by atoms with Gasteiger partial charge in [0.1, 0.15) is 0 Å². The first-order valence-electron chi connectivity index (χ1n) is 6.27. The first kappa shape index (κ1) is 15.7. The molecule has 4 N–H and O–H groups in total. The van der Waals surface area contributed by atoms with E-state index in [0.717, 1.165) is 21.3 Å². The Kier molecular flexibility index (Phi) is 5.09. The number of oxime groups is 1. The Labute approximate surface area is 136 Å². The average molecular weight is 369 g/mol. The van der Waals surface area contributed by atoms with Crippen molar-refractivity contribution in [2.24, 2.45) is 10.9 Å². The number of aryl methyl sites for hydroxylation is 1. The lowest BCUT2D eigenvalue weighted by Crippen LogP contribution is -2.13. The molecule has 6 heteroatoms. The van der Waals surface area contributed by atoms with E-state index in [-0.39, 0.29) is 5.84 Å². The van der Waals surface area contributed by atoms with Crippen LogP contribution in [0.2, 0.25) is 5.02 Å². The second-order valence-corrected chi connectivity index (χ2v) is 5.87. The van der Waals surface area contributed by atoms with Gasteiger partial charge in [0.25, 0.3) is 0 Å². The Bertz CT molecular complexity index is 689. The lowest BCUT2D eigenvalue weighted by atomic mass is 10.0. The summed E-state index contributed by atoms with van der Waals surface area (Å²) in [5.41, 5.74) is 9.41. The van der Waals surface area contributed by atoms with E-state index in [1.807, 2.05) is 43.3 Å². The van der Waals surface area contributed by atoms with Crippen molar-refractivity contribution in [2.75, 3.05) is 5.32 Å². The number of nitrogens with two attached hydrogens (primary N) is 1. The van der Waals surface area contributed by atoms with Crippen molar-refractivity contribution in [3.8, 4) is 0 Å². The maximum absolute atomic E-state index is 8.68. The van der Waals surface area contributed by atoms with Gasteiger partial charge in [-0.25, -0.2) is 0 Å². The minimum atomic E-state index is 0.109. The molecule has 0 bridgehead atoms. The van der Waals surface area contributed by atoms with Crippen LogP contribution in [0.5, 0.6) is 0 Å². The van der Waals surface area contributed by atoms with Crippen LogP contribution < -0.4 is 11.1 Å². The van der Waals surface area contributed by atoms with Gasteiger partial charge in [0.15, 0.2) is 5.84 Å². The van der Waals surface area contributed by atoms with E-state index in [1.165, 1.54) is 0 Å². The number of amidine groups is 1. The zero-order valence-corrected chi connectivity index (χ0v) is 13.7. The smallest absolute Gasteiger partial charge is 0.170 e. The third-order valence-electron chi connectivity index (χ3n) is 3.15. The maximum atomic E-state index is 8.68. The Balaban J connectivity index is 2.11. The molecule has 0 unspecified atom stereocenters.